The first kappa shape index (κ1) is 8.44. The predicted octanol–water partition coefficient (Wildman–Crippen LogP) is 2.30. The van der Waals surface area contributed by atoms with Crippen LogP contribution in [-0.2, 0) is 0 Å². The molecule has 0 saturated carbocycles. The van der Waals surface area contributed by atoms with E-state index in [2.05, 4.69) is 20.9 Å². The van der Waals surface area contributed by atoms with Gasteiger partial charge in [0.1, 0.15) is 11.3 Å². The zero-order valence-electron chi connectivity index (χ0n) is 6.99. The van der Waals surface area contributed by atoms with Crippen LogP contribution in [0.15, 0.2) is 29.0 Å². The Balaban J connectivity index is 2.86. The molecule has 2 aromatic heterocycles. The summed E-state index contributed by atoms with van der Waals surface area (Å²) in [5.74, 6) is 0.0133. The van der Waals surface area contributed by atoms with Gasteiger partial charge in [-0.05, 0) is 28.1 Å². The third-order valence-corrected chi connectivity index (χ3v) is 2.46. The number of hydrogen-bond donors (Lipinski definition) is 0. The molecule has 0 aromatic carbocycles. The number of aromatic nitrogens is 2. The van der Waals surface area contributed by atoms with Crippen molar-refractivity contribution in [2.24, 2.45) is 0 Å². The third kappa shape index (κ3) is 1.27. The number of nitrogens with zero attached hydrogens (tertiary/aromatic N) is 2. The molecule has 3 nitrogen and oxygen atoms in total. The molecule has 0 spiro atoms. The molecule has 0 unspecified atom stereocenters. The Morgan fingerprint density at radius 2 is 2.31 bits per heavy atom. The average Bonchev–Trinajstić information content (AvgIpc) is 2.49. The van der Waals surface area contributed by atoms with Crippen LogP contribution in [0.1, 0.15) is 17.4 Å². The van der Waals surface area contributed by atoms with Gasteiger partial charge in [0.05, 0.1) is 10.8 Å². The Morgan fingerprint density at radius 3 is 3.00 bits per heavy atom. The summed E-state index contributed by atoms with van der Waals surface area (Å²) in [5, 5.41) is 0. The van der Waals surface area contributed by atoms with Crippen LogP contribution >= 0.6 is 15.9 Å². The van der Waals surface area contributed by atoms with Gasteiger partial charge in [-0.2, -0.15) is 0 Å². The van der Waals surface area contributed by atoms with Crippen molar-refractivity contribution in [2.45, 2.75) is 6.92 Å². The zero-order valence-corrected chi connectivity index (χ0v) is 8.58. The predicted molar refractivity (Wildman–Crippen MR) is 52.9 cm³/mol. The molecule has 2 aromatic rings. The molecule has 0 saturated heterocycles. The zero-order chi connectivity index (χ0) is 9.42. The number of hydrogen-bond acceptors (Lipinski definition) is 2. The molecule has 0 bridgehead atoms. The van der Waals surface area contributed by atoms with Gasteiger partial charge < -0.3 is 0 Å². The van der Waals surface area contributed by atoms with E-state index >= 15 is 0 Å². The van der Waals surface area contributed by atoms with Gasteiger partial charge in [0.2, 0.25) is 0 Å². The van der Waals surface area contributed by atoms with Crippen LogP contribution < -0.4 is 0 Å². The number of carbonyl (C=O) groups is 1. The van der Waals surface area contributed by atoms with Crippen LogP contribution in [0.2, 0.25) is 0 Å². The number of carbonyl (C=O) groups excluding carboxylic acids is 1. The SMILES string of the molecule is CC(=O)c1cnc2cccc(Br)n12. The molecule has 66 valence electrons. The van der Waals surface area contributed by atoms with Gasteiger partial charge >= 0.3 is 0 Å². The van der Waals surface area contributed by atoms with Crippen molar-refractivity contribution in [1.29, 1.82) is 0 Å². The van der Waals surface area contributed by atoms with E-state index in [1.807, 2.05) is 18.2 Å². The minimum Gasteiger partial charge on any atom is -0.293 e. The maximum absolute atomic E-state index is 11.2. The standard InChI is InChI=1S/C9H7BrN2O/c1-6(13)7-5-11-9-4-2-3-8(10)12(7)9/h2-5H,1H3. The van der Waals surface area contributed by atoms with Crippen LogP contribution in [0.3, 0.4) is 0 Å². The Kier molecular flexibility index (Phi) is 1.92. The quantitative estimate of drug-likeness (QED) is 0.565. The second-order valence-corrected chi connectivity index (χ2v) is 3.55. The highest BCUT2D eigenvalue weighted by atomic mass is 79.9. The molecule has 0 aliphatic heterocycles. The van der Waals surface area contributed by atoms with Crippen molar-refractivity contribution in [3.63, 3.8) is 0 Å². The van der Waals surface area contributed by atoms with Gasteiger partial charge in [-0.15, -0.1) is 0 Å². The lowest BCUT2D eigenvalue weighted by molar-refractivity contribution is 0.101. The lowest BCUT2D eigenvalue weighted by Gasteiger charge is -1.99. The highest BCUT2D eigenvalue weighted by molar-refractivity contribution is 9.10. The van der Waals surface area contributed by atoms with E-state index in [0.717, 1.165) is 10.3 Å². The number of Topliss-reactive ketones (excluding diaryl/α,β-unsaturated/α-hetero) is 1. The number of halogens is 1. The molecule has 2 rings (SSSR count). The van der Waals surface area contributed by atoms with E-state index in [4.69, 9.17) is 0 Å². The minimum atomic E-state index is 0.0133. The molecule has 0 atom stereocenters. The van der Waals surface area contributed by atoms with Gasteiger partial charge in [0.15, 0.2) is 5.78 Å². The van der Waals surface area contributed by atoms with Crippen LogP contribution in [-0.4, -0.2) is 15.2 Å². The fraction of sp³-hybridized carbons (Fsp3) is 0.111. The lowest BCUT2D eigenvalue weighted by atomic mass is 10.3. The van der Waals surface area contributed by atoms with Crippen LogP contribution in [0, 0.1) is 0 Å². The largest absolute Gasteiger partial charge is 0.293 e. The Morgan fingerprint density at radius 1 is 1.54 bits per heavy atom. The van der Waals surface area contributed by atoms with Gasteiger partial charge in [-0.3, -0.25) is 9.20 Å². The monoisotopic (exact) mass is 238 g/mol. The fourth-order valence-corrected chi connectivity index (χ4v) is 1.77. The maximum Gasteiger partial charge on any atom is 0.178 e. The third-order valence-electron chi connectivity index (χ3n) is 1.84. The molecule has 13 heavy (non-hydrogen) atoms. The van der Waals surface area contributed by atoms with E-state index < -0.39 is 0 Å². The summed E-state index contributed by atoms with van der Waals surface area (Å²) in [7, 11) is 0. The van der Waals surface area contributed by atoms with Crippen molar-refractivity contribution in [3.05, 3.63) is 34.7 Å². The summed E-state index contributed by atoms with van der Waals surface area (Å²) in [4.78, 5) is 15.3. The van der Waals surface area contributed by atoms with E-state index in [1.165, 1.54) is 6.92 Å². The van der Waals surface area contributed by atoms with Gasteiger partial charge in [-0.1, -0.05) is 6.07 Å². The lowest BCUT2D eigenvalue weighted by Crippen LogP contribution is -1.99. The molecule has 0 fully saturated rings. The van der Waals surface area contributed by atoms with E-state index in [1.54, 1.807) is 10.6 Å². The van der Waals surface area contributed by atoms with Crippen LogP contribution in [0.25, 0.3) is 5.65 Å². The first-order chi connectivity index (χ1) is 6.20. The second kappa shape index (κ2) is 2.96. The van der Waals surface area contributed by atoms with Crippen molar-refractivity contribution in [3.8, 4) is 0 Å². The Hall–Kier alpha value is -1.16. The summed E-state index contributed by atoms with van der Waals surface area (Å²) in [6.45, 7) is 1.53. The summed E-state index contributed by atoms with van der Waals surface area (Å²) in [6, 6.07) is 5.62. The molecule has 0 aliphatic rings. The van der Waals surface area contributed by atoms with Crippen molar-refractivity contribution < 1.29 is 4.79 Å². The van der Waals surface area contributed by atoms with E-state index in [-0.39, 0.29) is 5.78 Å². The number of pyridine rings is 1. The first-order valence-corrected chi connectivity index (χ1v) is 4.62. The highest BCUT2D eigenvalue weighted by Gasteiger charge is 2.08. The molecule has 0 amide bonds. The smallest absolute Gasteiger partial charge is 0.178 e. The molecule has 0 radical (unpaired) electrons. The minimum absolute atomic E-state index is 0.0133. The first-order valence-electron chi connectivity index (χ1n) is 3.83. The number of rotatable bonds is 1. The van der Waals surface area contributed by atoms with Crippen molar-refractivity contribution in [2.75, 3.05) is 0 Å². The summed E-state index contributed by atoms with van der Waals surface area (Å²) >= 11 is 3.37. The van der Waals surface area contributed by atoms with Crippen LogP contribution in [0.5, 0.6) is 0 Å². The number of fused-ring (bicyclic) bond motifs is 1. The molecular weight excluding hydrogens is 232 g/mol. The molecule has 0 N–H and O–H groups in total. The summed E-state index contributed by atoms with van der Waals surface area (Å²) in [5.41, 5.74) is 1.38. The molecule has 0 aliphatic carbocycles. The summed E-state index contributed by atoms with van der Waals surface area (Å²) < 4.78 is 2.62. The van der Waals surface area contributed by atoms with Gasteiger partial charge in [-0.25, -0.2) is 4.98 Å². The van der Waals surface area contributed by atoms with E-state index in [9.17, 15) is 4.79 Å². The normalized spacial score (nSPS) is 10.6. The fourth-order valence-electron chi connectivity index (χ4n) is 1.24. The van der Waals surface area contributed by atoms with E-state index in [0.29, 0.717) is 5.69 Å². The Labute approximate surface area is 83.5 Å². The van der Waals surface area contributed by atoms with Crippen molar-refractivity contribution in [1.82, 2.24) is 9.38 Å². The second-order valence-electron chi connectivity index (χ2n) is 2.74. The van der Waals surface area contributed by atoms with Gasteiger partial charge in [0.25, 0.3) is 0 Å². The number of ketones is 1. The average molecular weight is 239 g/mol. The Bertz CT molecular complexity index is 475. The topological polar surface area (TPSA) is 34.4 Å². The number of imidazole rings is 1. The molecule has 4 heteroatoms. The highest BCUT2D eigenvalue weighted by Crippen LogP contribution is 2.15. The van der Waals surface area contributed by atoms with Crippen molar-refractivity contribution >= 4 is 27.4 Å². The molecular formula is C9H7BrN2O. The van der Waals surface area contributed by atoms with Gasteiger partial charge in [0, 0.05) is 6.92 Å². The van der Waals surface area contributed by atoms with Crippen LogP contribution in [0.4, 0.5) is 0 Å². The maximum atomic E-state index is 11.2. The summed E-state index contributed by atoms with van der Waals surface area (Å²) in [6.07, 6.45) is 1.59. The molecule has 2 heterocycles.